The molecular formula is C26H31N7O4. The summed E-state index contributed by atoms with van der Waals surface area (Å²) in [6, 6.07) is 6.11. The lowest BCUT2D eigenvalue weighted by Gasteiger charge is -2.33. The SMILES string of the molecule is COc1ccc(C2OC=C(C(N)=O)N2c2cc3oc(N4CCCCC4)nc3nc2N2CCCCC2)cn1. The summed E-state index contributed by atoms with van der Waals surface area (Å²) in [6.07, 6.45) is 9.18. The van der Waals surface area contributed by atoms with Crippen LogP contribution in [0.3, 0.4) is 0 Å². The number of amides is 1. The first-order valence-electron chi connectivity index (χ1n) is 12.9. The second kappa shape index (κ2) is 9.79. The number of rotatable bonds is 6. The zero-order valence-corrected chi connectivity index (χ0v) is 20.9. The van der Waals surface area contributed by atoms with Crippen LogP contribution in [0, 0.1) is 0 Å². The molecule has 0 spiro atoms. The van der Waals surface area contributed by atoms with Gasteiger partial charge in [-0.1, -0.05) is 0 Å². The van der Waals surface area contributed by atoms with Crippen molar-refractivity contribution in [1.82, 2.24) is 15.0 Å². The van der Waals surface area contributed by atoms with Crippen molar-refractivity contribution in [3.05, 3.63) is 41.9 Å². The van der Waals surface area contributed by atoms with Crippen molar-refractivity contribution in [3.63, 3.8) is 0 Å². The third kappa shape index (κ3) is 4.38. The highest BCUT2D eigenvalue weighted by atomic mass is 16.5. The zero-order chi connectivity index (χ0) is 25.4. The molecular weight excluding hydrogens is 474 g/mol. The average Bonchev–Trinajstić information content (AvgIpc) is 3.58. The summed E-state index contributed by atoms with van der Waals surface area (Å²) >= 11 is 0. The van der Waals surface area contributed by atoms with Gasteiger partial charge in [0, 0.05) is 50.1 Å². The summed E-state index contributed by atoms with van der Waals surface area (Å²) in [5.41, 5.74) is 8.57. The van der Waals surface area contributed by atoms with Gasteiger partial charge in [0.05, 0.1) is 12.8 Å². The molecule has 2 fully saturated rings. The number of oxazole rings is 1. The number of nitrogens with zero attached hydrogens (tertiary/aromatic N) is 6. The number of pyridine rings is 2. The number of methoxy groups -OCH3 is 1. The Kier molecular flexibility index (Phi) is 6.19. The van der Waals surface area contributed by atoms with Gasteiger partial charge in [0.2, 0.25) is 17.8 Å². The molecule has 3 aliphatic heterocycles. The first kappa shape index (κ1) is 23.4. The monoisotopic (exact) mass is 505 g/mol. The van der Waals surface area contributed by atoms with Gasteiger partial charge in [0.1, 0.15) is 12.0 Å². The maximum absolute atomic E-state index is 12.5. The molecule has 1 atom stereocenters. The molecule has 194 valence electrons. The molecule has 2 N–H and O–H groups in total. The van der Waals surface area contributed by atoms with Crippen molar-refractivity contribution in [2.45, 2.75) is 44.8 Å². The third-order valence-electron chi connectivity index (χ3n) is 7.18. The van der Waals surface area contributed by atoms with Gasteiger partial charge >= 0.3 is 0 Å². The van der Waals surface area contributed by atoms with E-state index in [0.29, 0.717) is 28.8 Å². The van der Waals surface area contributed by atoms with Crippen molar-refractivity contribution >= 4 is 34.7 Å². The van der Waals surface area contributed by atoms with Gasteiger partial charge in [-0.05, 0) is 44.6 Å². The minimum atomic E-state index is -0.659. The van der Waals surface area contributed by atoms with E-state index in [1.54, 1.807) is 24.3 Å². The molecule has 37 heavy (non-hydrogen) atoms. The average molecular weight is 506 g/mol. The first-order chi connectivity index (χ1) is 18.1. The summed E-state index contributed by atoms with van der Waals surface area (Å²) in [5, 5.41) is 0. The van der Waals surface area contributed by atoms with Crippen LogP contribution in [0.5, 0.6) is 5.88 Å². The molecule has 1 amide bonds. The predicted octanol–water partition coefficient (Wildman–Crippen LogP) is 3.47. The van der Waals surface area contributed by atoms with E-state index in [1.165, 1.54) is 19.1 Å². The summed E-state index contributed by atoms with van der Waals surface area (Å²) < 4.78 is 17.4. The van der Waals surface area contributed by atoms with Crippen LogP contribution < -0.4 is 25.2 Å². The van der Waals surface area contributed by atoms with Crippen molar-refractivity contribution in [1.29, 1.82) is 0 Å². The lowest BCUT2D eigenvalue weighted by atomic mass is 10.1. The molecule has 0 aliphatic carbocycles. The molecule has 2 saturated heterocycles. The van der Waals surface area contributed by atoms with E-state index in [1.807, 2.05) is 12.1 Å². The topological polar surface area (TPSA) is 123 Å². The van der Waals surface area contributed by atoms with E-state index in [0.717, 1.165) is 63.2 Å². The predicted molar refractivity (Wildman–Crippen MR) is 138 cm³/mol. The highest BCUT2D eigenvalue weighted by molar-refractivity contribution is 5.98. The van der Waals surface area contributed by atoms with Gasteiger partial charge in [0.25, 0.3) is 11.9 Å². The van der Waals surface area contributed by atoms with Gasteiger partial charge in [-0.15, -0.1) is 0 Å². The number of anilines is 3. The molecule has 0 bridgehead atoms. The molecule has 3 aliphatic rings. The van der Waals surface area contributed by atoms with Crippen molar-refractivity contribution in [2.75, 3.05) is 48.0 Å². The fourth-order valence-electron chi connectivity index (χ4n) is 5.26. The molecule has 6 rings (SSSR count). The lowest BCUT2D eigenvalue weighted by molar-refractivity contribution is -0.114. The van der Waals surface area contributed by atoms with E-state index >= 15 is 0 Å². The number of hydrogen-bond acceptors (Lipinski definition) is 10. The van der Waals surface area contributed by atoms with Crippen LogP contribution in [0.1, 0.15) is 50.3 Å². The molecule has 0 radical (unpaired) electrons. The van der Waals surface area contributed by atoms with Crippen LogP contribution in [-0.4, -0.2) is 54.1 Å². The van der Waals surface area contributed by atoms with Gasteiger partial charge in [-0.3, -0.25) is 9.69 Å². The Labute approximate surface area is 214 Å². The Bertz CT molecular complexity index is 1310. The number of nitrogens with two attached hydrogens (primary N) is 1. The van der Waals surface area contributed by atoms with Crippen molar-refractivity contribution < 1.29 is 18.7 Å². The molecule has 11 nitrogen and oxygen atoms in total. The number of fused-ring (bicyclic) bond motifs is 1. The fraction of sp³-hybridized carbons (Fsp3) is 0.462. The second-order valence-corrected chi connectivity index (χ2v) is 9.60. The largest absolute Gasteiger partial charge is 0.481 e. The Hall–Kier alpha value is -4.02. The van der Waals surface area contributed by atoms with E-state index in [2.05, 4.69) is 14.8 Å². The zero-order valence-electron chi connectivity index (χ0n) is 20.9. The van der Waals surface area contributed by atoms with Crippen LogP contribution in [0.15, 0.2) is 40.8 Å². The number of carbonyl (C=O) groups is 1. The minimum absolute atomic E-state index is 0.232. The molecule has 3 aromatic heterocycles. The van der Waals surface area contributed by atoms with Crippen LogP contribution in [0.4, 0.5) is 17.5 Å². The van der Waals surface area contributed by atoms with Gasteiger partial charge < -0.3 is 29.4 Å². The number of hydrogen-bond donors (Lipinski definition) is 1. The molecule has 6 heterocycles. The number of aromatic nitrogens is 3. The van der Waals surface area contributed by atoms with E-state index < -0.39 is 12.1 Å². The molecule has 0 saturated carbocycles. The minimum Gasteiger partial charge on any atom is -0.481 e. The standard InChI is InChI=1S/C26H31N7O4/c1-35-21-9-8-17(15-28-21)25-33(19(16-36-25)22(27)34)18-14-20-23(29-24(18)31-10-4-2-5-11-31)30-26(37-20)32-12-6-3-7-13-32/h8-9,14-16,25H,2-7,10-13H2,1H3,(H2,27,34). The van der Waals surface area contributed by atoms with E-state index in [9.17, 15) is 4.79 Å². The molecule has 1 unspecified atom stereocenters. The summed E-state index contributed by atoms with van der Waals surface area (Å²) in [7, 11) is 1.56. The van der Waals surface area contributed by atoms with E-state index in [-0.39, 0.29) is 5.70 Å². The maximum atomic E-state index is 12.5. The Balaban J connectivity index is 1.47. The van der Waals surface area contributed by atoms with E-state index in [4.69, 9.17) is 29.6 Å². The van der Waals surface area contributed by atoms with Crippen LogP contribution >= 0.6 is 0 Å². The number of primary amides is 1. The van der Waals surface area contributed by atoms with Gasteiger partial charge in [-0.2, -0.15) is 4.98 Å². The van der Waals surface area contributed by atoms with Crippen LogP contribution in [0.2, 0.25) is 0 Å². The number of ether oxygens (including phenoxy) is 2. The van der Waals surface area contributed by atoms with Crippen molar-refractivity contribution in [3.8, 4) is 5.88 Å². The smallest absolute Gasteiger partial charge is 0.299 e. The molecule has 3 aromatic rings. The normalized spacial score (nSPS) is 20.2. The second-order valence-electron chi connectivity index (χ2n) is 9.60. The third-order valence-corrected chi connectivity index (χ3v) is 7.18. The van der Waals surface area contributed by atoms with Crippen LogP contribution in [0.25, 0.3) is 11.2 Å². The summed E-state index contributed by atoms with van der Waals surface area (Å²) in [4.78, 5) is 32.8. The first-order valence-corrected chi connectivity index (χ1v) is 12.9. The number of carbonyl (C=O) groups excluding carboxylic acids is 1. The van der Waals surface area contributed by atoms with Gasteiger partial charge in [-0.25, -0.2) is 9.97 Å². The highest BCUT2D eigenvalue weighted by Gasteiger charge is 2.37. The fourth-order valence-corrected chi connectivity index (χ4v) is 5.26. The van der Waals surface area contributed by atoms with Crippen molar-refractivity contribution in [2.24, 2.45) is 5.73 Å². The quantitative estimate of drug-likeness (QED) is 0.533. The lowest BCUT2D eigenvalue weighted by Crippen LogP contribution is -2.35. The summed E-state index contributed by atoms with van der Waals surface area (Å²) in [6.45, 7) is 3.56. The maximum Gasteiger partial charge on any atom is 0.299 e. The summed E-state index contributed by atoms with van der Waals surface area (Å²) in [5.74, 6) is 0.621. The Morgan fingerprint density at radius 2 is 1.76 bits per heavy atom. The van der Waals surface area contributed by atoms with Gasteiger partial charge in [0.15, 0.2) is 11.4 Å². The Morgan fingerprint density at radius 3 is 2.41 bits per heavy atom. The molecule has 11 heteroatoms. The molecule has 0 aromatic carbocycles. The number of piperidine rings is 2. The Morgan fingerprint density at radius 1 is 1.03 bits per heavy atom. The van der Waals surface area contributed by atoms with Crippen LogP contribution in [-0.2, 0) is 9.53 Å². The highest BCUT2D eigenvalue weighted by Crippen LogP contribution is 2.43.